The molecule has 1 fully saturated rings. The SMILES string of the molecule is CC1CCN(c2cccc(NCc3cnc4n3CCC4)c2)CC1. The smallest absolute Gasteiger partial charge is 0.108 e. The summed E-state index contributed by atoms with van der Waals surface area (Å²) < 4.78 is 2.36. The Hall–Kier alpha value is -1.97. The molecule has 1 aromatic carbocycles. The van der Waals surface area contributed by atoms with Gasteiger partial charge in [0.15, 0.2) is 0 Å². The van der Waals surface area contributed by atoms with E-state index < -0.39 is 0 Å². The van der Waals surface area contributed by atoms with Gasteiger partial charge in [-0.25, -0.2) is 4.98 Å². The van der Waals surface area contributed by atoms with Gasteiger partial charge in [-0.1, -0.05) is 13.0 Å². The van der Waals surface area contributed by atoms with Crippen LogP contribution in [0.25, 0.3) is 0 Å². The van der Waals surface area contributed by atoms with E-state index in [2.05, 4.69) is 51.0 Å². The van der Waals surface area contributed by atoms with Crippen molar-refractivity contribution in [2.24, 2.45) is 5.92 Å². The predicted molar refractivity (Wildman–Crippen MR) is 94.9 cm³/mol. The van der Waals surface area contributed by atoms with Crippen molar-refractivity contribution in [3.8, 4) is 0 Å². The van der Waals surface area contributed by atoms with Crippen LogP contribution in [0.3, 0.4) is 0 Å². The fourth-order valence-electron chi connectivity index (χ4n) is 3.73. The van der Waals surface area contributed by atoms with Crippen molar-refractivity contribution in [2.45, 2.75) is 45.7 Å². The zero-order valence-corrected chi connectivity index (χ0v) is 14.0. The van der Waals surface area contributed by atoms with E-state index in [1.165, 1.54) is 55.2 Å². The molecule has 0 aliphatic carbocycles. The normalized spacial score (nSPS) is 18.2. The zero-order valence-electron chi connectivity index (χ0n) is 14.0. The van der Waals surface area contributed by atoms with E-state index in [4.69, 9.17) is 0 Å². The fraction of sp³-hybridized carbons (Fsp3) is 0.526. The van der Waals surface area contributed by atoms with Crippen molar-refractivity contribution in [1.29, 1.82) is 0 Å². The number of piperidine rings is 1. The van der Waals surface area contributed by atoms with Gasteiger partial charge < -0.3 is 14.8 Å². The maximum absolute atomic E-state index is 4.52. The molecule has 1 N–H and O–H groups in total. The molecule has 4 nitrogen and oxygen atoms in total. The molecule has 3 heterocycles. The number of rotatable bonds is 4. The van der Waals surface area contributed by atoms with E-state index in [1.54, 1.807) is 0 Å². The number of hydrogen-bond donors (Lipinski definition) is 1. The molecule has 4 heteroatoms. The van der Waals surface area contributed by atoms with Gasteiger partial charge >= 0.3 is 0 Å². The Morgan fingerprint density at radius 2 is 2.09 bits per heavy atom. The van der Waals surface area contributed by atoms with Gasteiger partial charge in [-0.15, -0.1) is 0 Å². The number of nitrogens with one attached hydrogen (secondary N) is 1. The quantitative estimate of drug-likeness (QED) is 0.935. The molecule has 2 aromatic rings. The lowest BCUT2D eigenvalue weighted by molar-refractivity contribution is 0.438. The molecule has 0 spiro atoms. The monoisotopic (exact) mass is 310 g/mol. The third-order valence-corrected chi connectivity index (χ3v) is 5.27. The number of aryl methyl sites for hydroxylation is 1. The molecular formula is C19H26N4. The minimum absolute atomic E-state index is 0.855. The summed E-state index contributed by atoms with van der Waals surface area (Å²) in [5.41, 5.74) is 3.85. The highest BCUT2D eigenvalue weighted by molar-refractivity contribution is 5.58. The molecule has 4 rings (SSSR count). The summed E-state index contributed by atoms with van der Waals surface area (Å²) in [7, 11) is 0. The van der Waals surface area contributed by atoms with Gasteiger partial charge in [0.1, 0.15) is 5.82 Å². The Morgan fingerprint density at radius 1 is 1.22 bits per heavy atom. The summed E-state index contributed by atoms with van der Waals surface area (Å²) in [6, 6.07) is 8.85. The number of fused-ring (bicyclic) bond motifs is 1. The van der Waals surface area contributed by atoms with Crippen molar-refractivity contribution in [2.75, 3.05) is 23.3 Å². The number of imidazole rings is 1. The van der Waals surface area contributed by atoms with Gasteiger partial charge in [0.05, 0.1) is 18.4 Å². The number of hydrogen-bond acceptors (Lipinski definition) is 3. The number of anilines is 2. The lowest BCUT2D eigenvalue weighted by Gasteiger charge is -2.32. The van der Waals surface area contributed by atoms with Gasteiger partial charge in [0.2, 0.25) is 0 Å². The van der Waals surface area contributed by atoms with Gasteiger partial charge in [-0.2, -0.15) is 0 Å². The molecule has 0 bridgehead atoms. The first-order chi connectivity index (χ1) is 11.3. The van der Waals surface area contributed by atoms with Crippen molar-refractivity contribution < 1.29 is 0 Å². The minimum Gasteiger partial charge on any atom is -0.379 e. The van der Waals surface area contributed by atoms with Crippen LogP contribution in [0.15, 0.2) is 30.5 Å². The summed E-state index contributed by atoms with van der Waals surface area (Å²) in [5.74, 6) is 2.12. The number of nitrogens with zero attached hydrogens (tertiary/aromatic N) is 3. The molecular weight excluding hydrogens is 284 g/mol. The molecule has 1 aromatic heterocycles. The highest BCUT2D eigenvalue weighted by Gasteiger charge is 2.17. The summed E-state index contributed by atoms with van der Waals surface area (Å²) in [6.45, 7) is 6.70. The van der Waals surface area contributed by atoms with Crippen molar-refractivity contribution >= 4 is 11.4 Å². The van der Waals surface area contributed by atoms with E-state index in [1.807, 2.05) is 6.20 Å². The molecule has 2 aliphatic heterocycles. The van der Waals surface area contributed by atoms with Crippen LogP contribution in [0.2, 0.25) is 0 Å². The third kappa shape index (κ3) is 3.07. The van der Waals surface area contributed by atoms with Crippen LogP contribution in [0.4, 0.5) is 11.4 Å². The molecule has 1 saturated heterocycles. The van der Waals surface area contributed by atoms with E-state index in [0.29, 0.717) is 0 Å². The standard InChI is InChI=1S/C19H26N4/c1-15-7-10-22(11-8-15)17-5-2-4-16(12-17)20-13-18-14-21-19-6-3-9-23(18)19/h2,4-5,12,14-15,20H,3,6-11,13H2,1H3. The lowest BCUT2D eigenvalue weighted by Crippen LogP contribution is -2.32. The van der Waals surface area contributed by atoms with Crippen LogP contribution in [-0.2, 0) is 19.5 Å². The molecule has 0 unspecified atom stereocenters. The molecule has 122 valence electrons. The van der Waals surface area contributed by atoms with Crippen LogP contribution >= 0.6 is 0 Å². The molecule has 23 heavy (non-hydrogen) atoms. The Morgan fingerprint density at radius 3 is 2.96 bits per heavy atom. The van der Waals surface area contributed by atoms with E-state index in [-0.39, 0.29) is 0 Å². The van der Waals surface area contributed by atoms with E-state index in [0.717, 1.165) is 25.4 Å². The largest absolute Gasteiger partial charge is 0.379 e. The first-order valence-electron chi connectivity index (χ1n) is 8.92. The van der Waals surface area contributed by atoms with Crippen LogP contribution < -0.4 is 10.2 Å². The molecule has 2 aliphatic rings. The summed E-state index contributed by atoms with van der Waals surface area (Å²) >= 11 is 0. The predicted octanol–water partition coefficient (Wildman–Crippen LogP) is 3.68. The Labute approximate surface area is 138 Å². The second-order valence-electron chi connectivity index (χ2n) is 6.99. The maximum atomic E-state index is 4.52. The topological polar surface area (TPSA) is 33.1 Å². The second kappa shape index (κ2) is 6.26. The van der Waals surface area contributed by atoms with Crippen molar-refractivity contribution in [3.63, 3.8) is 0 Å². The second-order valence-corrected chi connectivity index (χ2v) is 6.99. The lowest BCUT2D eigenvalue weighted by atomic mass is 9.99. The first-order valence-corrected chi connectivity index (χ1v) is 8.92. The molecule has 0 saturated carbocycles. The Kier molecular flexibility index (Phi) is 3.98. The van der Waals surface area contributed by atoms with Gasteiger partial charge in [-0.3, -0.25) is 0 Å². The highest BCUT2D eigenvalue weighted by atomic mass is 15.1. The van der Waals surface area contributed by atoms with E-state index >= 15 is 0 Å². The summed E-state index contributed by atoms with van der Waals surface area (Å²) in [5, 5.41) is 3.58. The minimum atomic E-state index is 0.855. The van der Waals surface area contributed by atoms with Crippen LogP contribution in [-0.4, -0.2) is 22.6 Å². The van der Waals surface area contributed by atoms with Gasteiger partial charge in [0.25, 0.3) is 0 Å². The fourth-order valence-corrected chi connectivity index (χ4v) is 3.73. The van der Waals surface area contributed by atoms with Gasteiger partial charge in [0, 0.05) is 37.4 Å². The Balaban J connectivity index is 1.42. The number of aromatic nitrogens is 2. The molecule has 0 atom stereocenters. The molecule has 0 amide bonds. The average Bonchev–Trinajstić information content (AvgIpc) is 3.18. The van der Waals surface area contributed by atoms with Crippen molar-refractivity contribution in [3.05, 3.63) is 42.0 Å². The van der Waals surface area contributed by atoms with Crippen LogP contribution in [0.5, 0.6) is 0 Å². The maximum Gasteiger partial charge on any atom is 0.108 e. The summed E-state index contributed by atoms with van der Waals surface area (Å²) in [4.78, 5) is 7.04. The zero-order chi connectivity index (χ0) is 15.6. The van der Waals surface area contributed by atoms with E-state index in [9.17, 15) is 0 Å². The Bertz CT molecular complexity index is 668. The van der Waals surface area contributed by atoms with Crippen LogP contribution in [0.1, 0.15) is 37.7 Å². The van der Waals surface area contributed by atoms with Gasteiger partial charge in [-0.05, 0) is 43.4 Å². The summed E-state index contributed by atoms with van der Waals surface area (Å²) in [6.07, 6.45) is 7.00. The molecule has 0 radical (unpaired) electrons. The van der Waals surface area contributed by atoms with Crippen LogP contribution in [0, 0.1) is 5.92 Å². The third-order valence-electron chi connectivity index (χ3n) is 5.27. The highest BCUT2D eigenvalue weighted by Crippen LogP contribution is 2.25. The van der Waals surface area contributed by atoms with Crippen molar-refractivity contribution in [1.82, 2.24) is 9.55 Å². The number of benzene rings is 1. The first kappa shape index (κ1) is 14.6. The average molecular weight is 310 g/mol.